The van der Waals surface area contributed by atoms with Crippen molar-refractivity contribution < 1.29 is 24.2 Å². The number of aliphatic hydroxyl groups is 1. The number of rotatable bonds is 6. The molecule has 0 aliphatic carbocycles. The fraction of sp³-hybridized carbons (Fsp3) is 0.207. The molecule has 0 saturated carbocycles. The van der Waals surface area contributed by atoms with Gasteiger partial charge in [-0.2, -0.15) is 0 Å². The molecule has 3 aromatic rings. The molecule has 6 nitrogen and oxygen atoms in total. The van der Waals surface area contributed by atoms with Crippen LogP contribution in [0.3, 0.4) is 0 Å². The Morgan fingerprint density at radius 3 is 2.33 bits per heavy atom. The lowest BCUT2D eigenvalue weighted by Gasteiger charge is -2.26. The second kappa shape index (κ2) is 10.5. The number of hydrogen-bond acceptors (Lipinski definition) is 5. The molecule has 1 atom stereocenters. The summed E-state index contributed by atoms with van der Waals surface area (Å²) in [5.74, 6) is -2.06. The molecule has 1 fully saturated rings. The molecule has 184 valence electrons. The molecule has 0 spiro atoms. The Morgan fingerprint density at radius 2 is 1.69 bits per heavy atom. The number of nitrogens with zero attached hydrogens (tertiary/aromatic N) is 1. The predicted molar refractivity (Wildman–Crippen MR) is 140 cm³/mol. The number of ketones is 1. The molecule has 3 aromatic carbocycles. The van der Waals surface area contributed by atoms with Gasteiger partial charge >= 0.3 is 5.97 Å². The molecular formula is C29H26BrNO5. The Balaban J connectivity index is 1.78. The number of esters is 1. The quantitative estimate of drug-likeness (QED) is 0.181. The van der Waals surface area contributed by atoms with Crippen molar-refractivity contribution in [3.05, 3.63) is 110 Å². The van der Waals surface area contributed by atoms with Crippen molar-refractivity contribution in [2.75, 3.05) is 6.61 Å². The Kier molecular flexibility index (Phi) is 7.40. The van der Waals surface area contributed by atoms with Gasteiger partial charge < -0.3 is 14.7 Å². The monoisotopic (exact) mass is 547 g/mol. The van der Waals surface area contributed by atoms with E-state index in [-0.39, 0.29) is 24.5 Å². The second-order valence-electron chi connectivity index (χ2n) is 8.72. The lowest BCUT2D eigenvalue weighted by atomic mass is 9.94. The zero-order chi connectivity index (χ0) is 26.0. The van der Waals surface area contributed by atoms with Crippen LogP contribution >= 0.6 is 15.9 Å². The molecule has 1 amide bonds. The van der Waals surface area contributed by atoms with Gasteiger partial charge in [0.15, 0.2) is 0 Å². The SMILES string of the molecule is CCOC(=O)c1ccc(CN2C(=O)C(=O)/C(=C(\O)c3ccc(Br)c(C)c3)C2c2cccc(C)c2)cc1. The van der Waals surface area contributed by atoms with Crippen LogP contribution in [0, 0.1) is 13.8 Å². The summed E-state index contributed by atoms with van der Waals surface area (Å²) < 4.78 is 5.91. The number of ether oxygens (including phenoxy) is 1. The van der Waals surface area contributed by atoms with Gasteiger partial charge in [-0.1, -0.05) is 64.0 Å². The van der Waals surface area contributed by atoms with Crippen LogP contribution in [0.1, 0.15) is 51.1 Å². The second-order valence-corrected chi connectivity index (χ2v) is 9.58. The van der Waals surface area contributed by atoms with Crippen LogP contribution in [-0.2, 0) is 20.9 Å². The fourth-order valence-corrected chi connectivity index (χ4v) is 4.58. The number of hydrogen-bond donors (Lipinski definition) is 1. The lowest BCUT2D eigenvalue weighted by Crippen LogP contribution is -2.29. The Hall–Kier alpha value is -3.71. The van der Waals surface area contributed by atoms with E-state index in [1.807, 2.05) is 38.1 Å². The minimum atomic E-state index is -0.765. The van der Waals surface area contributed by atoms with Gasteiger partial charge in [0, 0.05) is 16.6 Å². The number of halogens is 1. The number of aliphatic hydroxyl groups excluding tert-OH is 1. The number of amides is 1. The van der Waals surface area contributed by atoms with Crippen molar-refractivity contribution in [1.82, 2.24) is 4.90 Å². The van der Waals surface area contributed by atoms with E-state index < -0.39 is 23.7 Å². The molecule has 1 aliphatic heterocycles. The number of benzene rings is 3. The van der Waals surface area contributed by atoms with Gasteiger partial charge in [-0.05, 0) is 61.7 Å². The minimum absolute atomic E-state index is 0.0514. The van der Waals surface area contributed by atoms with E-state index in [4.69, 9.17) is 4.74 Å². The first-order valence-electron chi connectivity index (χ1n) is 11.6. The third kappa shape index (κ3) is 4.97. The molecule has 0 bridgehead atoms. The number of likely N-dealkylation sites (tertiary alicyclic amines) is 1. The van der Waals surface area contributed by atoms with Crippen molar-refractivity contribution in [3.63, 3.8) is 0 Å². The first-order valence-corrected chi connectivity index (χ1v) is 12.4. The Bertz CT molecular complexity index is 1380. The zero-order valence-corrected chi connectivity index (χ0v) is 21.8. The summed E-state index contributed by atoms with van der Waals surface area (Å²) in [6, 6.07) is 18.8. The van der Waals surface area contributed by atoms with Crippen LogP contribution in [-0.4, -0.2) is 34.3 Å². The highest BCUT2D eigenvalue weighted by atomic mass is 79.9. The van der Waals surface area contributed by atoms with Gasteiger partial charge in [0.25, 0.3) is 11.7 Å². The smallest absolute Gasteiger partial charge is 0.338 e. The van der Waals surface area contributed by atoms with Gasteiger partial charge in [0.2, 0.25) is 0 Å². The molecule has 4 rings (SSSR count). The Labute approximate surface area is 218 Å². The molecule has 1 aliphatic rings. The predicted octanol–water partition coefficient (Wildman–Crippen LogP) is 5.86. The average Bonchev–Trinajstić information content (AvgIpc) is 3.11. The van der Waals surface area contributed by atoms with E-state index in [1.165, 1.54) is 4.90 Å². The highest BCUT2D eigenvalue weighted by molar-refractivity contribution is 9.10. The molecule has 1 N–H and O–H groups in total. The first kappa shape index (κ1) is 25.4. The third-order valence-electron chi connectivity index (χ3n) is 6.15. The highest BCUT2D eigenvalue weighted by Gasteiger charge is 2.46. The summed E-state index contributed by atoms with van der Waals surface area (Å²) in [6.45, 7) is 5.96. The summed E-state index contributed by atoms with van der Waals surface area (Å²) in [4.78, 5) is 40.0. The first-order chi connectivity index (χ1) is 17.2. The van der Waals surface area contributed by atoms with E-state index in [9.17, 15) is 19.5 Å². The van der Waals surface area contributed by atoms with Crippen molar-refractivity contribution in [2.24, 2.45) is 0 Å². The number of aryl methyl sites for hydroxylation is 2. The average molecular weight is 548 g/mol. The molecule has 1 unspecified atom stereocenters. The molecule has 7 heteroatoms. The van der Waals surface area contributed by atoms with E-state index in [2.05, 4.69) is 15.9 Å². The van der Waals surface area contributed by atoms with Gasteiger partial charge in [-0.25, -0.2) is 4.79 Å². The molecule has 0 aromatic heterocycles. The molecule has 1 heterocycles. The van der Waals surface area contributed by atoms with Crippen LogP contribution in [0.2, 0.25) is 0 Å². The van der Waals surface area contributed by atoms with Gasteiger partial charge in [0.05, 0.1) is 23.8 Å². The summed E-state index contributed by atoms with van der Waals surface area (Å²) in [7, 11) is 0. The van der Waals surface area contributed by atoms with Crippen LogP contribution < -0.4 is 0 Å². The van der Waals surface area contributed by atoms with Crippen LogP contribution in [0.15, 0.2) is 76.8 Å². The number of carbonyl (C=O) groups excluding carboxylic acids is 3. The summed E-state index contributed by atoms with van der Waals surface area (Å²) in [5.41, 5.74) is 4.25. The van der Waals surface area contributed by atoms with Crippen molar-refractivity contribution in [1.29, 1.82) is 0 Å². The zero-order valence-electron chi connectivity index (χ0n) is 20.2. The molecule has 0 radical (unpaired) electrons. The molecular weight excluding hydrogens is 522 g/mol. The van der Waals surface area contributed by atoms with Gasteiger partial charge in [-0.3, -0.25) is 9.59 Å². The maximum Gasteiger partial charge on any atom is 0.338 e. The number of Topliss-reactive ketones (excluding diaryl/α,β-unsaturated/α-hetero) is 1. The summed E-state index contributed by atoms with van der Waals surface area (Å²) >= 11 is 3.45. The fourth-order valence-electron chi connectivity index (χ4n) is 4.33. The Morgan fingerprint density at radius 1 is 1.00 bits per heavy atom. The standard InChI is InChI=1S/C29H26BrNO5/c1-4-36-29(35)20-10-8-19(9-11-20)16-31-25(21-7-5-6-17(2)14-21)24(27(33)28(31)34)26(32)22-12-13-23(30)18(3)15-22/h5-15,25,32H,4,16H2,1-3H3/b26-24-. The van der Waals surface area contributed by atoms with Gasteiger partial charge in [0.1, 0.15) is 5.76 Å². The van der Waals surface area contributed by atoms with Crippen LogP contribution in [0.4, 0.5) is 0 Å². The maximum absolute atomic E-state index is 13.3. The third-order valence-corrected chi connectivity index (χ3v) is 7.04. The molecule has 36 heavy (non-hydrogen) atoms. The van der Waals surface area contributed by atoms with E-state index in [0.29, 0.717) is 11.1 Å². The van der Waals surface area contributed by atoms with Crippen molar-refractivity contribution in [3.8, 4) is 0 Å². The molecule has 1 saturated heterocycles. The maximum atomic E-state index is 13.3. The van der Waals surface area contributed by atoms with Crippen molar-refractivity contribution in [2.45, 2.75) is 33.4 Å². The van der Waals surface area contributed by atoms with Crippen molar-refractivity contribution >= 4 is 39.3 Å². The van der Waals surface area contributed by atoms with Crippen LogP contribution in [0.25, 0.3) is 5.76 Å². The minimum Gasteiger partial charge on any atom is -0.507 e. The van der Waals surface area contributed by atoms with Crippen LogP contribution in [0.5, 0.6) is 0 Å². The lowest BCUT2D eigenvalue weighted by molar-refractivity contribution is -0.140. The number of carbonyl (C=O) groups is 3. The topological polar surface area (TPSA) is 83.9 Å². The van der Waals surface area contributed by atoms with E-state index in [1.54, 1.807) is 49.4 Å². The van der Waals surface area contributed by atoms with E-state index in [0.717, 1.165) is 26.7 Å². The summed E-state index contributed by atoms with van der Waals surface area (Å²) in [6.07, 6.45) is 0. The highest BCUT2D eigenvalue weighted by Crippen LogP contribution is 2.40. The largest absolute Gasteiger partial charge is 0.507 e. The van der Waals surface area contributed by atoms with E-state index >= 15 is 0 Å². The summed E-state index contributed by atoms with van der Waals surface area (Å²) in [5, 5.41) is 11.3. The normalized spacial score (nSPS) is 16.9. The van der Waals surface area contributed by atoms with Gasteiger partial charge in [-0.15, -0.1) is 0 Å².